The van der Waals surface area contributed by atoms with E-state index >= 15 is 0 Å². The van der Waals surface area contributed by atoms with Crippen LogP contribution in [0.4, 0.5) is 10.5 Å². The average molecular weight is 207 g/mol. The monoisotopic (exact) mass is 207 g/mol. The maximum Gasteiger partial charge on any atom is 0.316 e. The largest absolute Gasteiger partial charge is 0.383 e. The zero-order chi connectivity index (χ0) is 11.1. The van der Waals surface area contributed by atoms with Gasteiger partial charge < -0.3 is 15.5 Å². The topological polar surface area (TPSA) is 44.4 Å². The highest BCUT2D eigenvalue weighted by Crippen LogP contribution is 2.03. The van der Waals surface area contributed by atoms with Gasteiger partial charge in [0, 0.05) is 32.9 Å². The number of nitrogens with one attached hydrogen (secondary N) is 2. The summed E-state index contributed by atoms with van der Waals surface area (Å²) in [6.45, 7) is 1.34. The Hall–Kier alpha value is -1.71. The van der Waals surface area contributed by atoms with Gasteiger partial charge in [0.15, 0.2) is 0 Å². The van der Waals surface area contributed by atoms with E-state index in [-0.39, 0.29) is 6.03 Å². The van der Waals surface area contributed by atoms with E-state index in [1.54, 1.807) is 14.1 Å². The molecule has 0 aromatic heterocycles. The quantitative estimate of drug-likeness (QED) is 0.732. The number of anilines is 1. The predicted octanol–water partition coefficient (Wildman–Crippen LogP) is 1.37. The Morgan fingerprint density at radius 2 is 1.87 bits per heavy atom. The van der Waals surface area contributed by atoms with Crippen molar-refractivity contribution in [3.8, 4) is 0 Å². The number of carbonyl (C=O) groups is 1. The lowest BCUT2D eigenvalue weighted by atomic mass is 10.3. The molecular weight excluding hydrogens is 190 g/mol. The molecule has 4 nitrogen and oxygen atoms in total. The standard InChI is InChI=1S/C11H17N3O/c1-14(2)11(15)13-9-8-12-10-6-4-3-5-7-10/h3-7,12H,8-9H2,1-2H3,(H,13,15). The lowest BCUT2D eigenvalue weighted by Gasteiger charge is -2.12. The van der Waals surface area contributed by atoms with Crippen molar-refractivity contribution in [2.24, 2.45) is 0 Å². The molecule has 2 amide bonds. The minimum atomic E-state index is -0.0649. The molecule has 15 heavy (non-hydrogen) atoms. The number of hydrogen-bond acceptors (Lipinski definition) is 2. The minimum absolute atomic E-state index is 0.0649. The van der Waals surface area contributed by atoms with Crippen LogP contribution in [0.3, 0.4) is 0 Å². The second-order valence-corrected chi connectivity index (χ2v) is 3.42. The summed E-state index contributed by atoms with van der Waals surface area (Å²) in [4.78, 5) is 12.7. The number of amides is 2. The highest BCUT2D eigenvalue weighted by molar-refractivity contribution is 5.73. The zero-order valence-electron chi connectivity index (χ0n) is 9.16. The normalized spacial score (nSPS) is 9.47. The number of rotatable bonds is 4. The summed E-state index contributed by atoms with van der Waals surface area (Å²) in [5.74, 6) is 0. The Morgan fingerprint density at radius 1 is 1.20 bits per heavy atom. The molecule has 82 valence electrons. The smallest absolute Gasteiger partial charge is 0.316 e. The molecule has 0 aliphatic rings. The van der Waals surface area contributed by atoms with Crippen LogP contribution in [-0.4, -0.2) is 38.1 Å². The molecule has 0 spiro atoms. The highest BCUT2D eigenvalue weighted by atomic mass is 16.2. The van der Waals surface area contributed by atoms with Crippen molar-refractivity contribution in [3.63, 3.8) is 0 Å². The molecule has 1 rings (SSSR count). The summed E-state index contributed by atoms with van der Waals surface area (Å²) >= 11 is 0. The number of para-hydroxylation sites is 1. The van der Waals surface area contributed by atoms with E-state index < -0.39 is 0 Å². The summed E-state index contributed by atoms with van der Waals surface area (Å²) in [5.41, 5.74) is 1.07. The fraction of sp³-hybridized carbons (Fsp3) is 0.364. The fourth-order valence-electron chi connectivity index (χ4n) is 1.09. The van der Waals surface area contributed by atoms with Crippen LogP contribution in [0.25, 0.3) is 0 Å². The third-order valence-corrected chi connectivity index (χ3v) is 1.91. The molecule has 0 heterocycles. The Bertz CT molecular complexity index is 298. The second-order valence-electron chi connectivity index (χ2n) is 3.42. The summed E-state index contributed by atoms with van der Waals surface area (Å²) in [5, 5.41) is 5.98. The molecule has 0 atom stereocenters. The van der Waals surface area contributed by atoms with Crippen molar-refractivity contribution in [2.45, 2.75) is 0 Å². The van der Waals surface area contributed by atoms with Crippen LogP contribution in [0, 0.1) is 0 Å². The molecule has 0 unspecified atom stereocenters. The fourth-order valence-corrected chi connectivity index (χ4v) is 1.09. The number of benzene rings is 1. The Balaban J connectivity index is 2.15. The molecular formula is C11H17N3O. The maximum absolute atomic E-state index is 11.1. The maximum atomic E-state index is 11.1. The molecule has 0 fully saturated rings. The molecule has 0 bridgehead atoms. The highest BCUT2D eigenvalue weighted by Gasteiger charge is 2.00. The first-order valence-corrected chi connectivity index (χ1v) is 4.94. The molecule has 0 saturated carbocycles. The van der Waals surface area contributed by atoms with Crippen molar-refractivity contribution in [3.05, 3.63) is 30.3 Å². The minimum Gasteiger partial charge on any atom is -0.383 e. The van der Waals surface area contributed by atoms with E-state index in [0.29, 0.717) is 6.54 Å². The molecule has 2 N–H and O–H groups in total. The summed E-state index contributed by atoms with van der Waals surface area (Å²) in [6.07, 6.45) is 0. The molecule has 0 aliphatic heterocycles. The van der Waals surface area contributed by atoms with Crippen LogP contribution in [-0.2, 0) is 0 Å². The lowest BCUT2D eigenvalue weighted by Crippen LogP contribution is -2.37. The van der Waals surface area contributed by atoms with Gasteiger partial charge in [-0.2, -0.15) is 0 Å². The van der Waals surface area contributed by atoms with Crippen LogP contribution >= 0.6 is 0 Å². The first-order chi connectivity index (χ1) is 7.20. The van der Waals surface area contributed by atoms with Gasteiger partial charge in [-0.3, -0.25) is 0 Å². The number of carbonyl (C=O) groups excluding carboxylic acids is 1. The summed E-state index contributed by atoms with van der Waals surface area (Å²) in [6, 6.07) is 9.84. The van der Waals surface area contributed by atoms with Gasteiger partial charge in [-0.1, -0.05) is 18.2 Å². The first kappa shape index (κ1) is 11.4. The molecule has 4 heteroatoms. The first-order valence-electron chi connectivity index (χ1n) is 4.94. The van der Waals surface area contributed by atoms with Crippen LogP contribution in [0.2, 0.25) is 0 Å². The van der Waals surface area contributed by atoms with E-state index in [1.807, 2.05) is 30.3 Å². The molecule has 0 saturated heterocycles. The van der Waals surface area contributed by atoms with E-state index in [2.05, 4.69) is 10.6 Å². The van der Waals surface area contributed by atoms with Gasteiger partial charge in [-0.25, -0.2) is 4.79 Å². The van der Waals surface area contributed by atoms with E-state index in [0.717, 1.165) is 12.2 Å². The van der Waals surface area contributed by atoms with E-state index in [4.69, 9.17) is 0 Å². The third-order valence-electron chi connectivity index (χ3n) is 1.91. The Kier molecular flexibility index (Phi) is 4.47. The Morgan fingerprint density at radius 3 is 2.47 bits per heavy atom. The van der Waals surface area contributed by atoms with Crippen molar-refractivity contribution in [1.29, 1.82) is 0 Å². The molecule has 1 aromatic rings. The number of hydrogen-bond donors (Lipinski definition) is 2. The van der Waals surface area contributed by atoms with Gasteiger partial charge in [-0.15, -0.1) is 0 Å². The van der Waals surface area contributed by atoms with Crippen molar-refractivity contribution >= 4 is 11.7 Å². The van der Waals surface area contributed by atoms with Gasteiger partial charge >= 0.3 is 6.03 Å². The van der Waals surface area contributed by atoms with Gasteiger partial charge in [0.05, 0.1) is 0 Å². The molecule has 0 radical (unpaired) electrons. The summed E-state index contributed by atoms with van der Waals surface area (Å²) < 4.78 is 0. The van der Waals surface area contributed by atoms with Gasteiger partial charge in [0.1, 0.15) is 0 Å². The molecule has 0 aliphatic carbocycles. The lowest BCUT2D eigenvalue weighted by molar-refractivity contribution is 0.218. The third kappa shape index (κ3) is 4.35. The van der Waals surface area contributed by atoms with Crippen molar-refractivity contribution < 1.29 is 4.79 Å². The predicted molar refractivity (Wildman–Crippen MR) is 62.0 cm³/mol. The van der Waals surface area contributed by atoms with Crippen LogP contribution in [0.5, 0.6) is 0 Å². The van der Waals surface area contributed by atoms with E-state index in [1.165, 1.54) is 4.90 Å². The zero-order valence-corrected chi connectivity index (χ0v) is 9.16. The van der Waals surface area contributed by atoms with Crippen molar-refractivity contribution in [2.75, 3.05) is 32.5 Å². The van der Waals surface area contributed by atoms with Crippen molar-refractivity contribution in [1.82, 2.24) is 10.2 Å². The van der Waals surface area contributed by atoms with Crippen LogP contribution in [0.1, 0.15) is 0 Å². The van der Waals surface area contributed by atoms with Crippen LogP contribution in [0.15, 0.2) is 30.3 Å². The second kappa shape index (κ2) is 5.90. The SMILES string of the molecule is CN(C)C(=O)NCCNc1ccccc1. The van der Waals surface area contributed by atoms with Crippen LogP contribution < -0.4 is 10.6 Å². The summed E-state index contributed by atoms with van der Waals surface area (Å²) in [7, 11) is 3.44. The average Bonchev–Trinajstić information content (AvgIpc) is 2.25. The van der Waals surface area contributed by atoms with E-state index in [9.17, 15) is 4.79 Å². The number of nitrogens with zero attached hydrogens (tertiary/aromatic N) is 1. The van der Waals surface area contributed by atoms with Gasteiger partial charge in [-0.05, 0) is 12.1 Å². The molecule has 1 aromatic carbocycles. The number of urea groups is 1. The van der Waals surface area contributed by atoms with Gasteiger partial charge in [0.25, 0.3) is 0 Å². The Labute approximate surface area is 90.3 Å². The van der Waals surface area contributed by atoms with Gasteiger partial charge in [0.2, 0.25) is 0 Å².